The molecule has 0 aromatic rings. The zero-order valence-electron chi connectivity index (χ0n) is 7.00. The quantitative estimate of drug-likeness (QED) is 0.639. The highest BCUT2D eigenvalue weighted by Crippen LogP contribution is 2.36. The summed E-state index contributed by atoms with van der Waals surface area (Å²) < 4.78 is 0. The molecule has 2 heteroatoms. The summed E-state index contributed by atoms with van der Waals surface area (Å²) in [5.41, 5.74) is 0. The van der Waals surface area contributed by atoms with E-state index in [2.05, 4.69) is 4.90 Å². The molecule has 2 rings (SSSR count). The number of aliphatic hydroxyl groups is 1. The zero-order valence-corrected chi connectivity index (χ0v) is 7.00. The Hall–Kier alpha value is -0.0800. The van der Waals surface area contributed by atoms with Gasteiger partial charge in [0.15, 0.2) is 0 Å². The minimum Gasteiger partial charge on any atom is -0.395 e. The number of nitrogens with zero attached hydrogens (tertiary/aromatic N) is 1. The van der Waals surface area contributed by atoms with Gasteiger partial charge in [0, 0.05) is 19.1 Å². The Morgan fingerprint density at radius 3 is 2.82 bits per heavy atom. The van der Waals surface area contributed by atoms with Gasteiger partial charge in [0.25, 0.3) is 0 Å². The molecule has 1 saturated carbocycles. The van der Waals surface area contributed by atoms with Crippen LogP contribution in [0.1, 0.15) is 25.7 Å². The highest BCUT2D eigenvalue weighted by atomic mass is 16.3. The molecule has 2 nitrogen and oxygen atoms in total. The van der Waals surface area contributed by atoms with Gasteiger partial charge in [-0.25, -0.2) is 0 Å². The Morgan fingerprint density at radius 1 is 1.27 bits per heavy atom. The van der Waals surface area contributed by atoms with Gasteiger partial charge in [0.1, 0.15) is 0 Å². The van der Waals surface area contributed by atoms with E-state index in [0.717, 1.165) is 18.5 Å². The average Bonchev–Trinajstić information content (AvgIpc) is 2.01. The van der Waals surface area contributed by atoms with Crippen molar-refractivity contribution in [1.29, 1.82) is 0 Å². The fourth-order valence-electron chi connectivity index (χ4n) is 2.57. The molecule has 11 heavy (non-hydrogen) atoms. The van der Waals surface area contributed by atoms with E-state index in [1.165, 1.54) is 32.2 Å². The molecule has 0 aromatic heterocycles. The SMILES string of the molecule is OCCN1C[C@H]2CCCC[C@H]21. The molecule has 0 spiro atoms. The molecule has 0 amide bonds. The van der Waals surface area contributed by atoms with Crippen molar-refractivity contribution < 1.29 is 5.11 Å². The van der Waals surface area contributed by atoms with Crippen molar-refractivity contribution in [2.75, 3.05) is 19.7 Å². The molecule has 0 radical (unpaired) electrons. The van der Waals surface area contributed by atoms with Crippen molar-refractivity contribution in [2.24, 2.45) is 5.92 Å². The predicted octanol–water partition coefficient (Wildman–Crippen LogP) is 0.853. The maximum absolute atomic E-state index is 8.75. The van der Waals surface area contributed by atoms with E-state index in [4.69, 9.17) is 5.11 Å². The van der Waals surface area contributed by atoms with E-state index in [-0.39, 0.29) is 0 Å². The van der Waals surface area contributed by atoms with E-state index >= 15 is 0 Å². The minimum atomic E-state index is 0.337. The first-order valence-corrected chi connectivity index (χ1v) is 4.76. The van der Waals surface area contributed by atoms with Crippen LogP contribution in [0, 0.1) is 5.92 Å². The molecule has 64 valence electrons. The molecular weight excluding hydrogens is 138 g/mol. The Morgan fingerprint density at radius 2 is 2.09 bits per heavy atom. The van der Waals surface area contributed by atoms with E-state index in [0.29, 0.717) is 6.61 Å². The van der Waals surface area contributed by atoms with Crippen LogP contribution in [0.25, 0.3) is 0 Å². The molecule has 1 N–H and O–H groups in total. The van der Waals surface area contributed by atoms with Crippen LogP contribution >= 0.6 is 0 Å². The standard InChI is InChI=1S/C9H17NO/c11-6-5-10-7-8-3-1-2-4-9(8)10/h8-9,11H,1-7H2/t8-,9-/m1/s1. The van der Waals surface area contributed by atoms with Gasteiger partial charge in [0.2, 0.25) is 0 Å². The third kappa shape index (κ3) is 1.30. The summed E-state index contributed by atoms with van der Waals surface area (Å²) in [7, 11) is 0. The average molecular weight is 155 g/mol. The molecule has 0 aromatic carbocycles. The molecular formula is C9H17NO. The van der Waals surface area contributed by atoms with Crippen molar-refractivity contribution >= 4 is 0 Å². The first kappa shape index (κ1) is 7.56. The molecule has 0 unspecified atom stereocenters. The predicted molar refractivity (Wildman–Crippen MR) is 44.4 cm³/mol. The van der Waals surface area contributed by atoms with Crippen molar-refractivity contribution in [3.63, 3.8) is 0 Å². The van der Waals surface area contributed by atoms with Crippen molar-refractivity contribution in [1.82, 2.24) is 4.90 Å². The van der Waals surface area contributed by atoms with E-state index in [1.807, 2.05) is 0 Å². The van der Waals surface area contributed by atoms with Crippen LogP contribution in [-0.2, 0) is 0 Å². The molecule has 2 atom stereocenters. The number of rotatable bonds is 2. The molecule has 1 aliphatic carbocycles. The van der Waals surface area contributed by atoms with Crippen LogP contribution in [-0.4, -0.2) is 35.7 Å². The van der Waals surface area contributed by atoms with Gasteiger partial charge in [0.05, 0.1) is 6.61 Å². The van der Waals surface area contributed by atoms with Gasteiger partial charge in [-0.3, -0.25) is 4.90 Å². The minimum absolute atomic E-state index is 0.337. The number of hydrogen-bond donors (Lipinski definition) is 1. The fourth-order valence-corrected chi connectivity index (χ4v) is 2.57. The van der Waals surface area contributed by atoms with Gasteiger partial charge in [-0.1, -0.05) is 12.8 Å². The second kappa shape index (κ2) is 3.11. The third-order valence-electron chi connectivity index (χ3n) is 3.19. The van der Waals surface area contributed by atoms with Gasteiger partial charge >= 0.3 is 0 Å². The number of β-amino-alcohol motifs (C(OH)–C–C–N with tert-alkyl or cyclic N) is 1. The first-order valence-electron chi connectivity index (χ1n) is 4.76. The van der Waals surface area contributed by atoms with Crippen LogP contribution < -0.4 is 0 Å². The van der Waals surface area contributed by atoms with Gasteiger partial charge < -0.3 is 5.11 Å². The van der Waals surface area contributed by atoms with Gasteiger partial charge in [-0.15, -0.1) is 0 Å². The summed E-state index contributed by atoms with van der Waals surface area (Å²) in [5.74, 6) is 0.982. The van der Waals surface area contributed by atoms with Crippen LogP contribution in [0.15, 0.2) is 0 Å². The van der Waals surface area contributed by atoms with Crippen molar-refractivity contribution in [3.8, 4) is 0 Å². The Bertz CT molecular complexity index is 138. The second-order valence-electron chi connectivity index (χ2n) is 3.83. The smallest absolute Gasteiger partial charge is 0.0558 e. The van der Waals surface area contributed by atoms with Crippen LogP contribution in [0.2, 0.25) is 0 Å². The Kier molecular flexibility index (Phi) is 2.14. The van der Waals surface area contributed by atoms with Crippen LogP contribution in [0.3, 0.4) is 0 Å². The number of likely N-dealkylation sites (tertiary alicyclic amines) is 1. The summed E-state index contributed by atoms with van der Waals surface area (Å²) in [6.07, 6.45) is 5.66. The summed E-state index contributed by atoms with van der Waals surface area (Å²) in [6, 6.07) is 0.843. The number of aliphatic hydroxyl groups excluding tert-OH is 1. The highest BCUT2D eigenvalue weighted by molar-refractivity contribution is 4.93. The lowest BCUT2D eigenvalue weighted by atomic mass is 9.77. The topological polar surface area (TPSA) is 23.5 Å². The van der Waals surface area contributed by atoms with E-state index in [9.17, 15) is 0 Å². The lowest BCUT2D eigenvalue weighted by molar-refractivity contribution is -0.0234. The molecule has 1 aliphatic heterocycles. The summed E-state index contributed by atoms with van der Waals surface area (Å²) in [6.45, 7) is 2.50. The molecule has 2 fully saturated rings. The molecule has 0 bridgehead atoms. The Labute approximate surface area is 68.2 Å². The third-order valence-corrected chi connectivity index (χ3v) is 3.19. The fraction of sp³-hybridized carbons (Fsp3) is 1.00. The summed E-state index contributed by atoms with van der Waals surface area (Å²) >= 11 is 0. The molecule has 1 saturated heterocycles. The monoisotopic (exact) mass is 155 g/mol. The second-order valence-corrected chi connectivity index (χ2v) is 3.83. The normalized spacial score (nSPS) is 37.9. The zero-order chi connectivity index (χ0) is 7.68. The lowest BCUT2D eigenvalue weighted by Gasteiger charge is -2.50. The van der Waals surface area contributed by atoms with Gasteiger partial charge in [-0.05, 0) is 18.8 Å². The number of hydrogen-bond acceptors (Lipinski definition) is 2. The largest absolute Gasteiger partial charge is 0.395 e. The van der Waals surface area contributed by atoms with Gasteiger partial charge in [-0.2, -0.15) is 0 Å². The van der Waals surface area contributed by atoms with Crippen LogP contribution in [0.5, 0.6) is 0 Å². The van der Waals surface area contributed by atoms with Crippen molar-refractivity contribution in [3.05, 3.63) is 0 Å². The van der Waals surface area contributed by atoms with Crippen molar-refractivity contribution in [2.45, 2.75) is 31.7 Å². The maximum atomic E-state index is 8.75. The first-order chi connectivity index (χ1) is 5.42. The highest BCUT2D eigenvalue weighted by Gasteiger charge is 2.39. The molecule has 2 aliphatic rings. The Balaban J connectivity index is 1.81. The summed E-state index contributed by atoms with van der Waals surface area (Å²) in [5, 5.41) is 8.75. The summed E-state index contributed by atoms with van der Waals surface area (Å²) in [4.78, 5) is 2.43. The van der Waals surface area contributed by atoms with E-state index < -0.39 is 0 Å². The maximum Gasteiger partial charge on any atom is 0.0558 e. The van der Waals surface area contributed by atoms with Crippen LogP contribution in [0.4, 0.5) is 0 Å². The van der Waals surface area contributed by atoms with E-state index in [1.54, 1.807) is 0 Å². The molecule has 1 heterocycles. The number of fused-ring (bicyclic) bond motifs is 1. The lowest BCUT2D eigenvalue weighted by Crippen LogP contribution is -2.57.